The molecule has 2 N–H and O–H groups in total. The molecule has 3 rings (SSSR count). The Bertz CT molecular complexity index is 1000. The molecule has 5 nitrogen and oxygen atoms in total. The van der Waals surface area contributed by atoms with Crippen molar-refractivity contribution in [2.75, 3.05) is 20.8 Å². The number of para-hydroxylation sites is 2. The van der Waals surface area contributed by atoms with Gasteiger partial charge in [0.15, 0.2) is 11.5 Å². The topological polar surface area (TPSA) is 63.3 Å². The number of aromatic nitrogens is 1. The highest BCUT2D eigenvalue weighted by Crippen LogP contribution is 2.40. The minimum Gasteiger partial charge on any atom is -0.493 e. The van der Waals surface area contributed by atoms with Crippen LogP contribution < -0.4 is 14.8 Å². The van der Waals surface area contributed by atoms with Gasteiger partial charge in [0.25, 0.3) is 0 Å². The molecule has 0 aliphatic heterocycles. The van der Waals surface area contributed by atoms with Crippen LogP contribution in [0.3, 0.4) is 0 Å². The monoisotopic (exact) mass is 378 g/mol. The van der Waals surface area contributed by atoms with Crippen LogP contribution in [0.1, 0.15) is 30.9 Å². The largest absolute Gasteiger partial charge is 0.493 e. The van der Waals surface area contributed by atoms with Gasteiger partial charge >= 0.3 is 0 Å². The van der Waals surface area contributed by atoms with E-state index >= 15 is 0 Å². The standard InChI is InChI=1S/C23H26N2O3/c1-15(2)12-22(26)25-14-19(17-9-7-11-21(27-3)23(17)28-4)18-13-24-20-10-6-5-8-16(18)20/h5-13,19,24H,14H2,1-4H3,(H,25,26). The van der Waals surface area contributed by atoms with Crippen LogP contribution in [0.2, 0.25) is 0 Å². The molecule has 0 aliphatic rings. The normalized spacial score (nSPS) is 11.7. The molecule has 1 unspecified atom stereocenters. The lowest BCUT2D eigenvalue weighted by atomic mass is 9.89. The molecular weight excluding hydrogens is 352 g/mol. The molecule has 1 heterocycles. The summed E-state index contributed by atoms with van der Waals surface area (Å²) in [6.07, 6.45) is 3.61. The number of amides is 1. The number of carbonyl (C=O) groups is 1. The Balaban J connectivity index is 2.07. The van der Waals surface area contributed by atoms with Crippen LogP contribution in [0.25, 0.3) is 10.9 Å². The molecule has 0 radical (unpaired) electrons. The second kappa shape index (κ2) is 8.65. The van der Waals surface area contributed by atoms with Gasteiger partial charge < -0.3 is 19.8 Å². The third kappa shape index (κ3) is 4.03. The number of fused-ring (bicyclic) bond motifs is 1. The second-order valence-corrected chi connectivity index (χ2v) is 6.89. The van der Waals surface area contributed by atoms with Crippen LogP contribution in [-0.4, -0.2) is 31.7 Å². The van der Waals surface area contributed by atoms with Gasteiger partial charge in [0.05, 0.1) is 14.2 Å². The maximum Gasteiger partial charge on any atom is 0.243 e. The molecule has 0 saturated heterocycles. The van der Waals surface area contributed by atoms with Gasteiger partial charge in [-0.1, -0.05) is 35.9 Å². The summed E-state index contributed by atoms with van der Waals surface area (Å²) >= 11 is 0. The Kier molecular flexibility index (Phi) is 6.04. The number of methoxy groups -OCH3 is 2. The molecule has 3 aromatic rings. The van der Waals surface area contributed by atoms with E-state index in [-0.39, 0.29) is 11.8 Å². The van der Waals surface area contributed by atoms with Crippen molar-refractivity contribution in [3.8, 4) is 11.5 Å². The molecule has 2 aromatic carbocycles. The number of hydrogen-bond donors (Lipinski definition) is 2. The van der Waals surface area contributed by atoms with Gasteiger partial charge in [-0.05, 0) is 31.5 Å². The fourth-order valence-corrected chi connectivity index (χ4v) is 3.47. The van der Waals surface area contributed by atoms with E-state index in [1.54, 1.807) is 20.3 Å². The number of allylic oxidation sites excluding steroid dienone is 1. The van der Waals surface area contributed by atoms with E-state index < -0.39 is 0 Å². The molecule has 5 heteroatoms. The summed E-state index contributed by atoms with van der Waals surface area (Å²) in [5.41, 5.74) is 4.07. The van der Waals surface area contributed by atoms with Gasteiger partial charge in [0, 0.05) is 41.2 Å². The van der Waals surface area contributed by atoms with E-state index in [2.05, 4.69) is 16.4 Å². The number of rotatable bonds is 7. The molecule has 0 bridgehead atoms. The van der Waals surface area contributed by atoms with E-state index in [1.807, 2.05) is 56.4 Å². The van der Waals surface area contributed by atoms with Crippen molar-refractivity contribution < 1.29 is 14.3 Å². The van der Waals surface area contributed by atoms with Crippen molar-refractivity contribution in [3.05, 3.63) is 71.4 Å². The van der Waals surface area contributed by atoms with Crippen molar-refractivity contribution in [3.63, 3.8) is 0 Å². The lowest BCUT2D eigenvalue weighted by Gasteiger charge is -2.21. The third-order valence-corrected chi connectivity index (χ3v) is 4.71. The molecule has 1 amide bonds. The maximum absolute atomic E-state index is 12.2. The highest BCUT2D eigenvalue weighted by molar-refractivity contribution is 5.88. The summed E-state index contributed by atoms with van der Waals surface area (Å²) in [7, 11) is 3.26. The Morgan fingerprint density at radius 3 is 2.57 bits per heavy atom. The molecule has 0 saturated carbocycles. The Morgan fingerprint density at radius 1 is 1.07 bits per heavy atom. The van der Waals surface area contributed by atoms with Crippen molar-refractivity contribution in [1.82, 2.24) is 10.3 Å². The Hall–Kier alpha value is -3.21. The summed E-state index contributed by atoms with van der Waals surface area (Å²) in [5, 5.41) is 4.15. The van der Waals surface area contributed by atoms with E-state index in [0.29, 0.717) is 18.0 Å². The van der Waals surface area contributed by atoms with Crippen LogP contribution in [0, 0.1) is 0 Å². The van der Waals surface area contributed by atoms with Gasteiger partial charge in [-0.3, -0.25) is 4.79 Å². The fourth-order valence-electron chi connectivity index (χ4n) is 3.47. The van der Waals surface area contributed by atoms with Crippen LogP contribution in [0.15, 0.2) is 60.3 Å². The molecule has 1 atom stereocenters. The smallest absolute Gasteiger partial charge is 0.243 e. The predicted molar refractivity (Wildman–Crippen MR) is 112 cm³/mol. The quantitative estimate of drug-likeness (QED) is 0.599. The number of nitrogens with one attached hydrogen (secondary N) is 2. The first-order valence-corrected chi connectivity index (χ1v) is 9.24. The first kappa shape index (κ1) is 19.5. The minimum absolute atomic E-state index is 0.101. The second-order valence-electron chi connectivity index (χ2n) is 6.89. The molecule has 28 heavy (non-hydrogen) atoms. The highest BCUT2D eigenvalue weighted by atomic mass is 16.5. The minimum atomic E-state index is -0.105. The molecular formula is C23H26N2O3. The molecule has 146 valence electrons. The first-order valence-electron chi connectivity index (χ1n) is 9.24. The number of hydrogen-bond acceptors (Lipinski definition) is 3. The van der Waals surface area contributed by atoms with Gasteiger partial charge in [-0.15, -0.1) is 0 Å². The number of carbonyl (C=O) groups excluding carboxylic acids is 1. The summed E-state index contributed by atoms with van der Waals surface area (Å²) in [5.74, 6) is 1.14. The lowest BCUT2D eigenvalue weighted by molar-refractivity contribution is -0.116. The fraction of sp³-hybridized carbons (Fsp3) is 0.261. The molecule has 0 fully saturated rings. The van der Waals surface area contributed by atoms with Crippen molar-refractivity contribution in [1.29, 1.82) is 0 Å². The zero-order chi connectivity index (χ0) is 20.1. The van der Waals surface area contributed by atoms with Gasteiger partial charge in [-0.25, -0.2) is 0 Å². The third-order valence-electron chi connectivity index (χ3n) is 4.71. The van der Waals surface area contributed by atoms with Crippen LogP contribution in [0.5, 0.6) is 11.5 Å². The number of aromatic amines is 1. The van der Waals surface area contributed by atoms with Gasteiger partial charge in [-0.2, -0.15) is 0 Å². The van der Waals surface area contributed by atoms with Crippen molar-refractivity contribution in [2.24, 2.45) is 0 Å². The summed E-state index contributed by atoms with van der Waals surface area (Å²) in [6.45, 7) is 4.25. The number of H-pyrrole nitrogens is 1. The summed E-state index contributed by atoms with van der Waals surface area (Å²) in [6, 6.07) is 14.0. The predicted octanol–water partition coefficient (Wildman–Crippen LogP) is 4.40. The van der Waals surface area contributed by atoms with E-state index in [1.165, 1.54) is 0 Å². The van der Waals surface area contributed by atoms with Gasteiger partial charge in [0.1, 0.15) is 0 Å². The van der Waals surface area contributed by atoms with E-state index in [0.717, 1.165) is 27.6 Å². The highest BCUT2D eigenvalue weighted by Gasteiger charge is 2.24. The lowest BCUT2D eigenvalue weighted by Crippen LogP contribution is -2.27. The molecule has 0 aliphatic carbocycles. The average Bonchev–Trinajstić information content (AvgIpc) is 3.11. The van der Waals surface area contributed by atoms with Crippen LogP contribution in [0.4, 0.5) is 0 Å². The maximum atomic E-state index is 12.2. The summed E-state index contributed by atoms with van der Waals surface area (Å²) < 4.78 is 11.2. The van der Waals surface area contributed by atoms with Crippen molar-refractivity contribution >= 4 is 16.8 Å². The summed E-state index contributed by atoms with van der Waals surface area (Å²) in [4.78, 5) is 15.6. The first-order chi connectivity index (χ1) is 13.5. The SMILES string of the molecule is COc1cccc(C(CNC(=O)C=C(C)C)c2c[nH]c3ccccc23)c1OC. The van der Waals surface area contributed by atoms with Crippen LogP contribution in [-0.2, 0) is 4.79 Å². The van der Waals surface area contributed by atoms with E-state index in [9.17, 15) is 4.79 Å². The Morgan fingerprint density at radius 2 is 1.86 bits per heavy atom. The number of ether oxygens (including phenoxy) is 2. The zero-order valence-electron chi connectivity index (χ0n) is 16.7. The van der Waals surface area contributed by atoms with Gasteiger partial charge in [0.2, 0.25) is 5.91 Å². The molecule has 0 spiro atoms. The van der Waals surface area contributed by atoms with E-state index in [4.69, 9.17) is 9.47 Å². The van der Waals surface area contributed by atoms with Crippen molar-refractivity contribution in [2.45, 2.75) is 19.8 Å². The zero-order valence-corrected chi connectivity index (χ0v) is 16.7. The number of benzene rings is 2. The molecule has 1 aromatic heterocycles. The Labute approximate surface area is 165 Å². The average molecular weight is 378 g/mol. The van der Waals surface area contributed by atoms with Crippen LogP contribution >= 0.6 is 0 Å².